The number of hydrogen-bond acceptors (Lipinski definition) is 5. The maximum atomic E-state index is 12.7. The lowest BCUT2D eigenvalue weighted by atomic mass is 10.2. The van der Waals surface area contributed by atoms with Crippen LogP contribution in [0.1, 0.15) is 23.3 Å². The summed E-state index contributed by atoms with van der Waals surface area (Å²) >= 11 is 1.73. The lowest BCUT2D eigenvalue weighted by Crippen LogP contribution is -2.37. The van der Waals surface area contributed by atoms with Crippen LogP contribution in [-0.4, -0.2) is 50.1 Å². The molecule has 0 spiro atoms. The first-order chi connectivity index (χ1) is 11.6. The summed E-state index contributed by atoms with van der Waals surface area (Å²) in [4.78, 5) is 25.3. The zero-order chi connectivity index (χ0) is 17.1. The second-order valence-corrected chi connectivity index (χ2v) is 6.55. The van der Waals surface area contributed by atoms with Gasteiger partial charge in [0.05, 0.1) is 4.92 Å². The molecule has 1 saturated heterocycles. The Hall–Kier alpha value is -2.35. The summed E-state index contributed by atoms with van der Waals surface area (Å²) in [5.74, 6) is 0.806. The van der Waals surface area contributed by atoms with Crippen LogP contribution in [0.25, 0.3) is 5.69 Å². The minimum absolute atomic E-state index is 0.0407. The van der Waals surface area contributed by atoms with E-state index in [4.69, 9.17) is 0 Å². The topological polar surface area (TPSA) is 81.3 Å². The largest absolute Gasteiger partial charge is 0.333 e. The molecule has 1 aromatic heterocycles. The molecule has 24 heavy (non-hydrogen) atoms. The third-order valence-corrected chi connectivity index (χ3v) is 4.85. The van der Waals surface area contributed by atoms with Gasteiger partial charge in [0.1, 0.15) is 5.69 Å². The number of benzene rings is 1. The highest BCUT2D eigenvalue weighted by Gasteiger charge is 2.30. The molecular formula is C16H18N4O3S. The normalized spacial score (nSPS) is 17.2. The van der Waals surface area contributed by atoms with Gasteiger partial charge in [0.25, 0.3) is 11.6 Å². The van der Waals surface area contributed by atoms with Gasteiger partial charge in [-0.25, -0.2) is 4.68 Å². The highest BCUT2D eigenvalue weighted by molar-refractivity contribution is 7.98. The Morgan fingerprint density at radius 3 is 2.96 bits per heavy atom. The second kappa shape index (κ2) is 7.04. The molecule has 0 saturated carbocycles. The van der Waals surface area contributed by atoms with Crippen LogP contribution < -0.4 is 0 Å². The Kier molecular flexibility index (Phi) is 4.84. The monoisotopic (exact) mass is 346 g/mol. The third-order valence-electron chi connectivity index (χ3n) is 4.13. The molecule has 8 heteroatoms. The van der Waals surface area contributed by atoms with Crippen LogP contribution in [0, 0.1) is 10.1 Å². The summed E-state index contributed by atoms with van der Waals surface area (Å²) in [6.07, 6.45) is 5.64. The Morgan fingerprint density at radius 2 is 2.21 bits per heavy atom. The number of carbonyl (C=O) groups is 1. The predicted molar refractivity (Wildman–Crippen MR) is 92.7 cm³/mol. The summed E-state index contributed by atoms with van der Waals surface area (Å²) in [5, 5.41) is 15.4. The molecule has 3 rings (SSSR count). The van der Waals surface area contributed by atoms with Gasteiger partial charge >= 0.3 is 0 Å². The van der Waals surface area contributed by atoms with Crippen molar-refractivity contribution in [2.45, 2.75) is 18.9 Å². The van der Waals surface area contributed by atoms with Gasteiger partial charge in [0, 0.05) is 30.6 Å². The number of thioether (sulfide) groups is 1. The van der Waals surface area contributed by atoms with E-state index in [-0.39, 0.29) is 17.6 Å². The first-order valence-corrected chi connectivity index (χ1v) is 9.10. The van der Waals surface area contributed by atoms with Crippen LogP contribution in [0.5, 0.6) is 0 Å². The van der Waals surface area contributed by atoms with Crippen molar-refractivity contribution < 1.29 is 9.72 Å². The summed E-state index contributed by atoms with van der Waals surface area (Å²) in [6, 6.07) is 8.21. The zero-order valence-corrected chi connectivity index (χ0v) is 14.1. The Morgan fingerprint density at radius 1 is 1.42 bits per heavy atom. The highest BCUT2D eigenvalue weighted by atomic mass is 32.2. The van der Waals surface area contributed by atoms with Crippen molar-refractivity contribution in [1.82, 2.24) is 14.7 Å². The lowest BCUT2D eigenvalue weighted by Gasteiger charge is -2.23. The molecule has 1 fully saturated rings. The van der Waals surface area contributed by atoms with Gasteiger partial charge in [-0.1, -0.05) is 12.1 Å². The minimum Gasteiger partial charge on any atom is -0.333 e. The predicted octanol–water partition coefficient (Wildman–Crippen LogP) is 2.75. The molecule has 0 bridgehead atoms. The number of carbonyl (C=O) groups excluding carboxylic acids is 1. The van der Waals surface area contributed by atoms with Crippen LogP contribution in [0.15, 0.2) is 36.5 Å². The summed E-state index contributed by atoms with van der Waals surface area (Å²) < 4.78 is 1.39. The van der Waals surface area contributed by atoms with E-state index in [9.17, 15) is 14.9 Å². The summed E-state index contributed by atoms with van der Waals surface area (Å²) in [5.41, 5.74) is 0.630. The molecular weight excluding hydrogens is 328 g/mol. The number of nitro benzene ring substituents is 1. The van der Waals surface area contributed by atoms with Crippen molar-refractivity contribution in [3.63, 3.8) is 0 Å². The van der Waals surface area contributed by atoms with Crippen molar-refractivity contribution >= 4 is 23.4 Å². The van der Waals surface area contributed by atoms with Gasteiger partial charge in [0.2, 0.25) is 0 Å². The molecule has 1 aliphatic rings. The van der Waals surface area contributed by atoms with Gasteiger partial charge in [-0.2, -0.15) is 16.9 Å². The molecule has 126 valence electrons. The average molecular weight is 346 g/mol. The summed E-state index contributed by atoms with van der Waals surface area (Å²) in [6.45, 7) is 0.738. The number of hydrogen-bond donors (Lipinski definition) is 0. The standard InChI is InChI=1S/C16H18N4O3S/c1-24-11-12-5-4-9-18(12)16(21)13-8-10-19(17-13)14-6-2-3-7-15(14)20(22)23/h2-3,6-8,10,12H,4-5,9,11H2,1H3. The third kappa shape index (κ3) is 3.14. The number of rotatable bonds is 5. The van der Waals surface area contributed by atoms with E-state index in [1.807, 2.05) is 11.2 Å². The number of nitro groups is 1. The number of nitrogens with zero attached hydrogens (tertiary/aromatic N) is 4. The van der Waals surface area contributed by atoms with Gasteiger partial charge in [-0.15, -0.1) is 0 Å². The molecule has 0 N–H and O–H groups in total. The fraction of sp³-hybridized carbons (Fsp3) is 0.375. The Bertz CT molecular complexity index is 761. The van der Waals surface area contributed by atoms with Crippen molar-refractivity contribution in [2.24, 2.45) is 0 Å². The van der Waals surface area contributed by atoms with E-state index < -0.39 is 4.92 Å². The molecule has 0 radical (unpaired) electrons. The van der Waals surface area contributed by atoms with E-state index in [0.29, 0.717) is 11.4 Å². The SMILES string of the molecule is CSCC1CCCN1C(=O)c1ccn(-c2ccccc2[N+](=O)[O-])n1. The van der Waals surface area contributed by atoms with Crippen molar-refractivity contribution in [2.75, 3.05) is 18.6 Å². The van der Waals surface area contributed by atoms with Crippen LogP contribution >= 0.6 is 11.8 Å². The quantitative estimate of drug-likeness (QED) is 0.614. The van der Waals surface area contributed by atoms with Crippen molar-refractivity contribution in [3.05, 3.63) is 52.3 Å². The highest BCUT2D eigenvalue weighted by Crippen LogP contribution is 2.24. The molecule has 7 nitrogen and oxygen atoms in total. The smallest absolute Gasteiger partial charge is 0.294 e. The molecule has 1 atom stereocenters. The molecule has 1 aliphatic heterocycles. The van der Waals surface area contributed by atoms with Crippen LogP contribution in [0.3, 0.4) is 0 Å². The van der Waals surface area contributed by atoms with E-state index >= 15 is 0 Å². The molecule has 2 heterocycles. The Balaban J connectivity index is 1.86. The molecule has 2 aromatic rings. The first-order valence-electron chi connectivity index (χ1n) is 7.71. The van der Waals surface area contributed by atoms with E-state index in [1.165, 1.54) is 10.7 Å². The van der Waals surface area contributed by atoms with E-state index in [0.717, 1.165) is 25.1 Å². The lowest BCUT2D eigenvalue weighted by molar-refractivity contribution is -0.384. The molecule has 1 amide bonds. The van der Waals surface area contributed by atoms with E-state index in [1.54, 1.807) is 42.2 Å². The van der Waals surface area contributed by atoms with Gasteiger partial charge in [-0.05, 0) is 31.2 Å². The van der Waals surface area contributed by atoms with Gasteiger partial charge < -0.3 is 4.90 Å². The van der Waals surface area contributed by atoms with Crippen LogP contribution in [0.2, 0.25) is 0 Å². The number of amides is 1. The van der Waals surface area contributed by atoms with Crippen LogP contribution in [-0.2, 0) is 0 Å². The number of aromatic nitrogens is 2. The molecule has 1 unspecified atom stereocenters. The molecule has 1 aromatic carbocycles. The second-order valence-electron chi connectivity index (χ2n) is 5.64. The maximum Gasteiger partial charge on any atom is 0.294 e. The minimum atomic E-state index is -0.451. The number of para-hydroxylation sites is 2. The number of likely N-dealkylation sites (tertiary alicyclic amines) is 1. The maximum absolute atomic E-state index is 12.7. The molecule has 0 aliphatic carbocycles. The first kappa shape index (κ1) is 16.5. The fourth-order valence-corrected chi connectivity index (χ4v) is 3.73. The van der Waals surface area contributed by atoms with Crippen molar-refractivity contribution in [3.8, 4) is 5.69 Å². The van der Waals surface area contributed by atoms with Gasteiger partial charge in [-0.3, -0.25) is 14.9 Å². The van der Waals surface area contributed by atoms with Gasteiger partial charge in [0.15, 0.2) is 5.69 Å². The average Bonchev–Trinajstić information content (AvgIpc) is 3.24. The van der Waals surface area contributed by atoms with Crippen molar-refractivity contribution in [1.29, 1.82) is 0 Å². The van der Waals surface area contributed by atoms with E-state index in [2.05, 4.69) is 5.10 Å². The Labute approximate surface area is 143 Å². The van der Waals surface area contributed by atoms with Crippen LogP contribution in [0.4, 0.5) is 5.69 Å². The zero-order valence-electron chi connectivity index (χ0n) is 13.3. The summed E-state index contributed by atoms with van der Waals surface area (Å²) in [7, 11) is 0. The fourth-order valence-electron chi connectivity index (χ4n) is 3.00.